The lowest BCUT2D eigenvalue weighted by atomic mass is 9.83. The number of benzene rings is 2. The van der Waals surface area contributed by atoms with Crippen LogP contribution < -0.4 is 0 Å². The lowest BCUT2D eigenvalue weighted by Crippen LogP contribution is -2.55. The van der Waals surface area contributed by atoms with Crippen molar-refractivity contribution >= 4 is 51.1 Å². The summed E-state index contributed by atoms with van der Waals surface area (Å²) in [6.07, 6.45) is -3.50. The van der Waals surface area contributed by atoms with Crippen molar-refractivity contribution in [3.8, 4) is 0 Å². The highest BCUT2D eigenvalue weighted by Gasteiger charge is 2.39. The van der Waals surface area contributed by atoms with E-state index in [2.05, 4.69) is 20.8 Å². The van der Waals surface area contributed by atoms with Gasteiger partial charge < -0.3 is 14.9 Å². The van der Waals surface area contributed by atoms with E-state index in [0.29, 0.717) is 55.5 Å². The second-order valence-electron chi connectivity index (χ2n) is 9.77. The van der Waals surface area contributed by atoms with Gasteiger partial charge in [-0.2, -0.15) is 13.2 Å². The van der Waals surface area contributed by atoms with Crippen LogP contribution in [-0.4, -0.2) is 77.1 Å². The molecule has 2 unspecified atom stereocenters. The second-order valence-corrected chi connectivity index (χ2v) is 11.5. The van der Waals surface area contributed by atoms with Gasteiger partial charge in [0.1, 0.15) is 0 Å². The molecular formula is C26H27BrCl2F3N3O3. The van der Waals surface area contributed by atoms with E-state index in [0.717, 1.165) is 17.7 Å². The fraction of sp³-hybridized carbons (Fsp3) is 0.462. The number of nitrogens with zero attached hydrogens (tertiary/aromatic N) is 3. The van der Waals surface area contributed by atoms with Crippen LogP contribution in [0, 0.1) is 0 Å². The highest BCUT2D eigenvalue weighted by Crippen LogP contribution is 2.37. The monoisotopic (exact) mass is 635 g/mol. The van der Waals surface area contributed by atoms with Gasteiger partial charge in [-0.1, -0.05) is 45.2 Å². The molecule has 2 amide bonds. The molecule has 2 aromatic carbocycles. The molecule has 0 aliphatic carbocycles. The van der Waals surface area contributed by atoms with Crippen molar-refractivity contribution in [3.63, 3.8) is 0 Å². The largest absolute Gasteiger partial charge is 0.465 e. The van der Waals surface area contributed by atoms with Gasteiger partial charge in [0.2, 0.25) is 0 Å². The minimum Gasteiger partial charge on any atom is -0.465 e. The molecule has 2 saturated heterocycles. The third-order valence-electron chi connectivity index (χ3n) is 7.52. The molecule has 2 atom stereocenters. The summed E-state index contributed by atoms with van der Waals surface area (Å²) in [5, 5.41) is 10.1. The summed E-state index contributed by atoms with van der Waals surface area (Å²) in [5.74, 6) is -0.686. The van der Waals surface area contributed by atoms with Crippen molar-refractivity contribution in [2.24, 2.45) is 0 Å². The number of hydrogen-bond acceptors (Lipinski definition) is 3. The quantitative estimate of drug-likeness (QED) is 0.399. The third kappa shape index (κ3) is 6.41. The summed E-state index contributed by atoms with van der Waals surface area (Å²) in [7, 11) is 1.62. The Morgan fingerprint density at radius 1 is 1.03 bits per heavy atom. The van der Waals surface area contributed by atoms with E-state index < -0.39 is 23.7 Å². The summed E-state index contributed by atoms with van der Waals surface area (Å²) < 4.78 is 40.4. The average Bonchev–Trinajstić information content (AvgIpc) is 2.88. The lowest BCUT2D eigenvalue weighted by molar-refractivity contribution is -0.137. The minimum absolute atomic E-state index is 0.0504. The number of alkyl halides is 3. The van der Waals surface area contributed by atoms with Crippen LogP contribution in [0.25, 0.3) is 0 Å². The molecule has 0 bridgehead atoms. The molecule has 6 nitrogen and oxygen atoms in total. The van der Waals surface area contributed by atoms with Gasteiger partial charge >= 0.3 is 12.3 Å². The van der Waals surface area contributed by atoms with Crippen LogP contribution in [0.2, 0.25) is 10.0 Å². The number of likely N-dealkylation sites (tertiary alicyclic amines) is 2. The summed E-state index contributed by atoms with van der Waals surface area (Å²) in [5.41, 5.74) is -0.0697. The molecular weight excluding hydrogens is 610 g/mol. The van der Waals surface area contributed by atoms with Crippen LogP contribution in [0.15, 0.2) is 40.9 Å². The topological polar surface area (TPSA) is 64.1 Å². The molecule has 12 heteroatoms. The number of carboxylic acid groups (broad SMARTS) is 1. The number of carbonyl (C=O) groups excluding carboxylic acids is 1. The van der Waals surface area contributed by atoms with E-state index in [1.165, 1.54) is 15.9 Å². The van der Waals surface area contributed by atoms with E-state index in [9.17, 15) is 27.9 Å². The van der Waals surface area contributed by atoms with Gasteiger partial charge in [0.05, 0.1) is 15.6 Å². The normalized spacial score (nSPS) is 21.4. The SMILES string of the molecule is CN(C(=O)c1cc(Br)cc(C(F)(F)F)c1)C1CCN(C2CCN(C(=O)O)CC2)CC1c1ccc(Cl)c(Cl)c1. The zero-order valence-corrected chi connectivity index (χ0v) is 23.6. The standard InChI is InChI=1S/C26H27BrCl2F3N3O3/c1-33(24(36)16-10-17(26(30,31)32)13-18(27)11-16)23-6-9-35(19-4-7-34(8-5-19)25(37)38)14-20(23)15-2-3-21(28)22(29)12-15/h2-3,10-13,19-20,23H,4-9,14H2,1H3,(H,37,38). The number of carbonyl (C=O) groups is 2. The Labute approximate surface area is 237 Å². The van der Waals surface area contributed by atoms with Crippen molar-refractivity contribution in [1.29, 1.82) is 0 Å². The van der Waals surface area contributed by atoms with Crippen LogP contribution in [0.4, 0.5) is 18.0 Å². The molecule has 0 radical (unpaired) electrons. The van der Waals surface area contributed by atoms with Crippen LogP contribution in [-0.2, 0) is 6.18 Å². The summed E-state index contributed by atoms with van der Waals surface area (Å²) in [4.78, 5) is 30.1. The number of piperidine rings is 2. The summed E-state index contributed by atoms with van der Waals surface area (Å²) >= 11 is 15.6. The Balaban J connectivity index is 1.60. The van der Waals surface area contributed by atoms with Crippen molar-refractivity contribution < 1.29 is 27.9 Å². The number of rotatable bonds is 4. The number of halogens is 6. The van der Waals surface area contributed by atoms with E-state index in [4.69, 9.17) is 23.2 Å². The zero-order chi connectivity index (χ0) is 27.8. The zero-order valence-electron chi connectivity index (χ0n) is 20.5. The minimum atomic E-state index is -4.58. The summed E-state index contributed by atoms with van der Waals surface area (Å²) in [6.45, 7) is 2.18. The first-order valence-corrected chi connectivity index (χ1v) is 13.7. The molecule has 2 heterocycles. The molecule has 1 N–H and O–H groups in total. The van der Waals surface area contributed by atoms with E-state index in [1.807, 2.05) is 6.07 Å². The van der Waals surface area contributed by atoms with Gasteiger partial charge in [-0.3, -0.25) is 9.69 Å². The van der Waals surface area contributed by atoms with E-state index >= 15 is 0 Å². The van der Waals surface area contributed by atoms with Crippen LogP contribution in [0.1, 0.15) is 46.7 Å². The molecule has 2 fully saturated rings. The fourth-order valence-electron chi connectivity index (χ4n) is 5.48. The number of likely N-dealkylation sites (N-methyl/N-ethyl adjacent to an activating group) is 1. The van der Waals surface area contributed by atoms with Crippen molar-refractivity contribution in [2.45, 2.75) is 43.4 Å². The predicted molar refractivity (Wildman–Crippen MR) is 143 cm³/mol. The highest BCUT2D eigenvalue weighted by molar-refractivity contribution is 9.10. The molecule has 0 spiro atoms. The Morgan fingerprint density at radius 3 is 2.32 bits per heavy atom. The Kier molecular flexibility index (Phi) is 8.86. The number of amides is 2. The van der Waals surface area contributed by atoms with E-state index in [-0.39, 0.29) is 28.0 Å². The van der Waals surface area contributed by atoms with Gasteiger partial charge in [-0.05, 0) is 55.2 Å². The first-order valence-electron chi connectivity index (χ1n) is 12.2. The molecule has 0 aromatic heterocycles. The molecule has 4 rings (SSSR count). The van der Waals surface area contributed by atoms with Gasteiger partial charge in [0, 0.05) is 61.3 Å². The molecule has 2 aliphatic rings. The first-order chi connectivity index (χ1) is 17.8. The molecule has 206 valence electrons. The van der Waals surface area contributed by atoms with Gasteiger partial charge in [-0.15, -0.1) is 0 Å². The Morgan fingerprint density at radius 2 is 1.71 bits per heavy atom. The second kappa shape index (κ2) is 11.6. The third-order valence-corrected chi connectivity index (χ3v) is 8.72. The van der Waals surface area contributed by atoms with Crippen molar-refractivity contribution in [1.82, 2.24) is 14.7 Å². The predicted octanol–water partition coefficient (Wildman–Crippen LogP) is 6.85. The molecule has 38 heavy (non-hydrogen) atoms. The summed E-state index contributed by atoms with van der Waals surface area (Å²) in [6, 6.07) is 8.45. The Hall–Kier alpha value is -2.01. The van der Waals surface area contributed by atoms with Gasteiger partial charge in [-0.25, -0.2) is 4.79 Å². The van der Waals surface area contributed by atoms with Crippen LogP contribution in [0.5, 0.6) is 0 Å². The maximum absolute atomic E-state index is 13.5. The maximum Gasteiger partial charge on any atom is 0.416 e. The molecule has 2 aromatic rings. The highest BCUT2D eigenvalue weighted by atomic mass is 79.9. The smallest absolute Gasteiger partial charge is 0.416 e. The maximum atomic E-state index is 13.5. The molecule has 2 aliphatic heterocycles. The van der Waals surface area contributed by atoms with Crippen molar-refractivity contribution in [3.05, 3.63) is 67.6 Å². The molecule has 0 saturated carbocycles. The average molecular weight is 637 g/mol. The fourth-order valence-corrected chi connectivity index (χ4v) is 6.28. The van der Waals surface area contributed by atoms with Crippen LogP contribution >= 0.6 is 39.1 Å². The van der Waals surface area contributed by atoms with Crippen molar-refractivity contribution in [2.75, 3.05) is 33.2 Å². The number of hydrogen-bond donors (Lipinski definition) is 1. The lowest BCUT2D eigenvalue weighted by Gasteiger charge is -2.47. The Bertz CT molecular complexity index is 1210. The first kappa shape index (κ1) is 29.0. The van der Waals surface area contributed by atoms with Gasteiger partial charge in [0.15, 0.2) is 0 Å². The van der Waals surface area contributed by atoms with E-state index in [1.54, 1.807) is 19.2 Å². The van der Waals surface area contributed by atoms with Crippen LogP contribution in [0.3, 0.4) is 0 Å². The van der Waals surface area contributed by atoms with Gasteiger partial charge in [0.25, 0.3) is 5.91 Å².